The smallest absolute Gasteiger partial charge is 0.183 e. The van der Waals surface area contributed by atoms with Gasteiger partial charge in [-0.05, 0) is 65.2 Å². The first-order valence-corrected chi connectivity index (χ1v) is 11.2. The van der Waals surface area contributed by atoms with Crippen LogP contribution in [-0.2, 0) is 10.4 Å². The summed E-state index contributed by atoms with van der Waals surface area (Å²) in [5.41, 5.74) is 8.55. The first-order valence-electron chi connectivity index (χ1n) is 10.1. The molecule has 0 unspecified atom stereocenters. The standard InChI is InChI=1S/C25H20Cl3N3O2/c26-21-9-3-18(4-10-21)25(19-5-11-22(27)12-6-19,20-7-13-23(28)14-8-20)31-30-17-32-33-24-2-1-15-29-16-24/h1-16,30-31H,17H2. The molecule has 0 saturated carbocycles. The Kier molecular flexibility index (Phi) is 7.83. The highest BCUT2D eigenvalue weighted by Gasteiger charge is 2.36. The fraction of sp³-hybridized carbons (Fsp3) is 0.0800. The Morgan fingerprint density at radius 1 is 0.697 bits per heavy atom. The molecule has 1 aromatic heterocycles. The van der Waals surface area contributed by atoms with E-state index in [2.05, 4.69) is 15.8 Å². The van der Waals surface area contributed by atoms with Gasteiger partial charge >= 0.3 is 0 Å². The maximum atomic E-state index is 6.19. The van der Waals surface area contributed by atoms with Gasteiger partial charge in [-0.15, -0.1) is 0 Å². The van der Waals surface area contributed by atoms with Crippen LogP contribution in [0.4, 0.5) is 0 Å². The second-order valence-corrected chi connectivity index (χ2v) is 8.42. The number of benzene rings is 3. The van der Waals surface area contributed by atoms with E-state index in [1.165, 1.54) is 0 Å². The van der Waals surface area contributed by atoms with Gasteiger partial charge in [0.05, 0.1) is 6.20 Å². The van der Waals surface area contributed by atoms with Crippen molar-refractivity contribution in [1.29, 1.82) is 0 Å². The zero-order valence-corrected chi connectivity index (χ0v) is 19.6. The molecule has 0 atom stereocenters. The summed E-state index contributed by atoms with van der Waals surface area (Å²) in [5, 5.41) is 1.92. The minimum atomic E-state index is -0.822. The zero-order valence-electron chi connectivity index (χ0n) is 17.3. The van der Waals surface area contributed by atoms with Crippen LogP contribution in [0.1, 0.15) is 16.7 Å². The number of hydrogen-bond donors (Lipinski definition) is 2. The fourth-order valence-corrected chi connectivity index (χ4v) is 3.89. The van der Waals surface area contributed by atoms with E-state index in [9.17, 15) is 0 Å². The molecule has 2 N–H and O–H groups in total. The maximum absolute atomic E-state index is 6.19. The van der Waals surface area contributed by atoms with Gasteiger partial charge in [0.2, 0.25) is 0 Å². The second kappa shape index (κ2) is 11.0. The third kappa shape index (κ3) is 5.65. The van der Waals surface area contributed by atoms with Gasteiger partial charge in [-0.3, -0.25) is 4.98 Å². The first kappa shape index (κ1) is 23.5. The van der Waals surface area contributed by atoms with E-state index >= 15 is 0 Å². The summed E-state index contributed by atoms with van der Waals surface area (Å²) in [5.74, 6) is 0.499. The van der Waals surface area contributed by atoms with Gasteiger partial charge < -0.3 is 4.89 Å². The number of pyridine rings is 1. The first-order chi connectivity index (χ1) is 16.1. The summed E-state index contributed by atoms with van der Waals surface area (Å²) < 4.78 is 0. The van der Waals surface area contributed by atoms with Crippen molar-refractivity contribution in [3.63, 3.8) is 0 Å². The molecule has 0 spiro atoms. The minimum absolute atomic E-state index is 0.0470. The number of nitrogens with zero attached hydrogens (tertiary/aromatic N) is 1. The van der Waals surface area contributed by atoms with Crippen LogP contribution < -0.4 is 15.7 Å². The fourth-order valence-electron chi connectivity index (χ4n) is 3.51. The molecule has 1 heterocycles. The summed E-state index contributed by atoms with van der Waals surface area (Å²) in [6.07, 6.45) is 3.22. The van der Waals surface area contributed by atoms with E-state index < -0.39 is 5.54 Å². The van der Waals surface area contributed by atoms with Crippen LogP contribution in [0, 0.1) is 0 Å². The Hall–Kier alpha value is -2.64. The molecule has 33 heavy (non-hydrogen) atoms. The van der Waals surface area contributed by atoms with Crippen LogP contribution in [-0.4, -0.2) is 11.7 Å². The van der Waals surface area contributed by atoms with E-state index in [1.807, 2.05) is 72.8 Å². The highest BCUT2D eigenvalue weighted by molar-refractivity contribution is 6.31. The van der Waals surface area contributed by atoms with Gasteiger partial charge in [-0.1, -0.05) is 71.2 Å². The summed E-state index contributed by atoms with van der Waals surface area (Å²) >= 11 is 18.6. The molecule has 0 saturated heterocycles. The molecule has 0 aliphatic rings. The lowest BCUT2D eigenvalue weighted by molar-refractivity contribution is -0.215. The highest BCUT2D eigenvalue weighted by atomic mass is 35.5. The van der Waals surface area contributed by atoms with E-state index in [0.29, 0.717) is 20.8 Å². The van der Waals surface area contributed by atoms with Crippen LogP contribution in [0.15, 0.2) is 97.3 Å². The van der Waals surface area contributed by atoms with E-state index in [1.54, 1.807) is 24.5 Å². The largest absolute Gasteiger partial charge is 0.335 e. The van der Waals surface area contributed by atoms with Crippen molar-refractivity contribution in [2.45, 2.75) is 5.54 Å². The van der Waals surface area contributed by atoms with Gasteiger partial charge in [0, 0.05) is 21.3 Å². The summed E-state index contributed by atoms with van der Waals surface area (Å²) in [6, 6.07) is 26.4. The van der Waals surface area contributed by atoms with Crippen molar-refractivity contribution >= 4 is 34.8 Å². The molecule has 0 amide bonds. The highest BCUT2D eigenvalue weighted by Crippen LogP contribution is 2.37. The molecule has 0 radical (unpaired) electrons. The third-order valence-corrected chi connectivity index (χ3v) is 5.78. The summed E-state index contributed by atoms with van der Waals surface area (Å²) in [6.45, 7) is 0.0470. The lowest BCUT2D eigenvalue weighted by atomic mass is 9.77. The zero-order chi connectivity index (χ0) is 23.1. The molecular formula is C25H20Cl3N3O2. The quantitative estimate of drug-likeness (QED) is 0.0916. The molecular weight excluding hydrogens is 481 g/mol. The molecule has 168 valence electrons. The van der Waals surface area contributed by atoms with E-state index in [0.717, 1.165) is 16.7 Å². The van der Waals surface area contributed by atoms with Gasteiger partial charge in [0.1, 0.15) is 5.54 Å². The monoisotopic (exact) mass is 499 g/mol. The molecule has 4 aromatic rings. The molecule has 0 bridgehead atoms. The van der Waals surface area contributed by atoms with E-state index in [-0.39, 0.29) is 6.73 Å². The van der Waals surface area contributed by atoms with Gasteiger partial charge in [0.15, 0.2) is 12.5 Å². The molecule has 0 aliphatic carbocycles. The lowest BCUT2D eigenvalue weighted by Gasteiger charge is -2.37. The maximum Gasteiger partial charge on any atom is 0.183 e. The van der Waals surface area contributed by atoms with Gasteiger partial charge in [-0.2, -0.15) is 4.89 Å². The predicted molar refractivity (Wildman–Crippen MR) is 131 cm³/mol. The van der Waals surface area contributed by atoms with Crippen molar-refractivity contribution in [1.82, 2.24) is 15.8 Å². The minimum Gasteiger partial charge on any atom is -0.335 e. The Balaban J connectivity index is 1.68. The van der Waals surface area contributed by atoms with Crippen LogP contribution >= 0.6 is 34.8 Å². The third-order valence-electron chi connectivity index (χ3n) is 5.03. The van der Waals surface area contributed by atoms with E-state index in [4.69, 9.17) is 44.6 Å². The van der Waals surface area contributed by atoms with Crippen molar-refractivity contribution < 1.29 is 9.78 Å². The molecule has 4 rings (SSSR count). The molecule has 0 aliphatic heterocycles. The van der Waals surface area contributed by atoms with Gasteiger partial charge in [-0.25, -0.2) is 10.9 Å². The number of halogens is 3. The Morgan fingerprint density at radius 3 is 1.61 bits per heavy atom. The Morgan fingerprint density at radius 2 is 1.18 bits per heavy atom. The Bertz CT molecular complexity index is 1050. The predicted octanol–water partition coefficient (Wildman–Crippen LogP) is 6.40. The van der Waals surface area contributed by atoms with Crippen molar-refractivity contribution in [3.05, 3.63) is 129 Å². The number of hydrazine groups is 1. The molecule has 0 fully saturated rings. The normalized spacial score (nSPS) is 11.4. The van der Waals surface area contributed by atoms with Crippen LogP contribution in [0.3, 0.4) is 0 Å². The average Bonchev–Trinajstić information content (AvgIpc) is 2.84. The number of aromatic nitrogens is 1. The van der Waals surface area contributed by atoms with Crippen molar-refractivity contribution in [2.75, 3.05) is 6.73 Å². The van der Waals surface area contributed by atoms with Crippen LogP contribution in [0.25, 0.3) is 0 Å². The number of nitrogens with one attached hydrogen (secondary N) is 2. The Labute approximate surface area is 207 Å². The number of rotatable bonds is 9. The van der Waals surface area contributed by atoms with Gasteiger partial charge in [0.25, 0.3) is 0 Å². The second-order valence-electron chi connectivity index (χ2n) is 7.11. The average molecular weight is 501 g/mol. The van der Waals surface area contributed by atoms with Crippen LogP contribution in [0.5, 0.6) is 5.75 Å². The summed E-state index contributed by atoms with van der Waals surface area (Å²) in [4.78, 5) is 14.6. The summed E-state index contributed by atoms with van der Waals surface area (Å²) in [7, 11) is 0. The van der Waals surface area contributed by atoms with Crippen molar-refractivity contribution in [3.8, 4) is 5.75 Å². The topological polar surface area (TPSA) is 55.4 Å². The molecule has 5 nitrogen and oxygen atoms in total. The van der Waals surface area contributed by atoms with Crippen molar-refractivity contribution in [2.24, 2.45) is 0 Å². The SMILES string of the molecule is Clc1ccc(C(NNCOOc2cccnc2)(c2ccc(Cl)cc2)c2ccc(Cl)cc2)cc1. The molecule has 8 heteroatoms. The number of hydrogen-bond acceptors (Lipinski definition) is 5. The molecule has 3 aromatic carbocycles. The lowest BCUT2D eigenvalue weighted by Crippen LogP contribution is -2.52. The van der Waals surface area contributed by atoms with Crippen LogP contribution in [0.2, 0.25) is 15.1 Å².